The zero-order valence-electron chi connectivity index (χ0n) is 23.7. The molecule has 7 rings (SSSR count). The van der Waals surface area contributed by atoms with Crippen LogP contribution in [0.5, 0.6) is 0 Å². The Hall–Kier alpha value is -4.48. The van der Waals surface area contributed by atoms with Crippen molar-refractivity contribution < 1.29 is 23.8 Å². The van der Waals surface area contributed by atoms with E-state index in [4.69, 9.17) is 4.74 Å². The molecule has 1 aromatic carbocycles. The van der Waals surface area contributed by atoms with E-state index in [1.165, 1.54) is 4.68 Å². The van der Waals surface area contributed by atoms with Crippen LogP contribution >= 0.6 is 0 Å². The third-order valence-corrected chi connectivity index (χ3v) is 8.32. The fourth-order valence-electron chi connectivity index (χ4n) is 6.39. The summed E-state index contributed by atoms with van der Waals surface area (Å²) in [6, 6.07) is 5.98. The molecular formula is C30H32FN7O4. The number of amides is 1. The summed E-state index contributed by atoms with van der Waals surface area (Å²) in [4.78, 5) is 37.4. The maximum Gasteiger partial charge on any atom is 0.410 e. The lowest BCUT2D eigenvalue weighted by Crippen LogP contribution is -2.73. The van der Waals surface area contributed by atoms with Crippen molar-refractivity contribution in [1.29, 1.82) is 0 Å². The van der Waals surface area contributed by atoms with E-state index >= 15 is 4.39 Å². The maximum absolute atomic E-state index is 15.8. The van der Waals surface area contributed by atoms with Crippen LogP contribution in [-0.4, -0.2) is 78.2 Å². The van der Waals surface area contributed by atoms with Crippen molar-refractivity contribution in [2.45, 2.75) is 51.8 Å². The van der Waals surface area contributed by atoms with Crippen LogP contribution < -0.4 is 4.90 Å². The van der Waals surface area contributed by atoms with E-state index in [-0.39, 0.29) is 17.0 Å². The Kier molecular flexibility index (Phi) is 5.83. The minimum absolute atomic E-state index is 0.0672. The number of benzene rings is 1. The molecule has 0 bridgehead atoms. The van der Waals surface area contributed by atoms with Crippen molar-refractivity contribution in [3.63, 3.8) is 0 Å². The maximum atomic E-state index is 15.8. The molecule has 0 radical (unpaired) electrons. The summed E-state index contributed by atoms with van der Waals surface area (Å²) in [5, 5.41) is 14.9. The van der Waals surface area contributed by atoms with Crippen molar-refractivity contribution in [1.82, 2.24) is 29.2 Å². The van der Waals surface area contributed by atoms with Gasteiger partial charge in [-0.3, -0.25) is 4.68 Å². The van der Waals surface area contributed by atoms with Crippen LogP contribution in [0.1, 0.15) is 44.6 Å². The van der Waals surface area contributed by atoms with E-state index < -0.39 is 23.4 Å². The number of carbonyl (C=O) groups excluding carboxylic acids is 1. The summed E-state index contributed by atoms with van der Waals surface area (Å²) in [5.74, 6) is -0.828. The molecular weight excluding hydrogens is 541 g/mol. The highest BCUT2D eigenvalue weighted by Crippen LogP contribution is 2.42. The zero-order chi connectivity index (χ0) is 29.4. The molecule has 3 aliphatic heterocycles. The first kappa shape index (κ1) is 26.4. The Morgan fingerprint density at radius 1 is 1.10 bits per heavy atom. The first-order valence-electron chi connectivity index (χ1n) is 14.1. The van der Waals surface area contributed by atoms with Crippen LogP contribution in [0, 0.1) is 11.2 Å². The zero-order valence-corrected chi connectivity index (χ0v) is 23.7. The second-order valence-electron chi connectivity index (χ2n) is 12.7. The number of hydrogen-bond donors (Lipinski definition) is 1. The van der Waals surface area contributed by atoms with Crippen LogP contribution in [0.15, 0.2) is 43.0 Å². The van der Waals surface area contributed by atoms with E-state index in [9.17, 15) is 14.7 Å². The Morgan fingerprint density at radius 3 is 2.57 bits per heavy atom. The first-order valence-corrected chi connectivity index (χ1v) is 14.1. The molecule has 12 heteroatoms. The smallest absolute Gasteiger partial charge is 0.410 e. The highest BCUT2D eigenvalue weighted by atomic mass is 19.1. The van der Waals surface area contributed by atoms with Crippen LogP contribution in [0.4, 0.5) is 15.0 Å². The van der Waals surface area contributed by atoms with Gasteiger partial charge in [0.2, 0.25) is 0 Å². The molecule has 1 N–H and O–H groups in total. The summed E-state index contributed by atoms with van der Waals surface area (Å²) in [6.07, 6.45) is 6.29. The minimum Gasteiger partial charge on any atom is -0.479 e. The number of anilines is 1. The average molecular weight is 574 g/mol. The van der Waals surface area contributed by atoms with Gasteiger partial charge in [0, 0.05) is 72.7 Å². The molecule has 0 aliphatic carbocycles. The molecule has 1 amide bonds. The van der Waals surface area contributed by atoms with Crippen LogP contribution in [0.2, 0.25) is 0 Å². The molecule has 1 spiro atoms. The molecule has 3 aromatic heterocycles. The SMILES string of the molecule is CC(C)(C)OC(=O)N1CC2(C1)CN(c1ccc(-c3ccc4cn(C(C(=O)O)c5ncn6c5CCC6)nc4c3F)cn1)C2. The van der Waals surface area contributed by atoms with E-state index in [0.29, 0.717) is 35.3 Å². The number of carboxylic acids is 1. The number of aryl methyl sites for hydroxylation is 1. The molecule has 2 saturated heterocycles. The van der Waals surface area contributed by atoms with E-state index in [2.05, 4.69) is 20.0 Å². The highest BCUT2D eigenvalue weighted by molar-refractivity contribution is 5.86. The minimum atomic E-state index is -1.14. The Balaban J connectivity index is 1.06. The predicted molar refractivity (Wildman–Crippen MR) is 152 cm³/mol. The number of hydrogen-bond acceptors (Lipinski definition) is 7. The van der Waals surface area contributed by atoms with Gasteiger partial charge in [-0.25, -0.2) is 23.9 Å². The number of carbonyl (C=O) groups is 2. The number of ether oxygens (including phenoxy) is 1. The number of fused-ring (bicyclic) bond motifs is 2. The number of rotatable bonds is 5. The van der Waals surface area contributed by atoms with Crippen molar-refractivity contribution in [3.8, 4) is 11.1 Å². The van der Waals surface area contributed by atoms with E-state index in [0.717, 1.165) is 44.0 Å². The number of pyridine rings is 1. The van der Waals surface area contributed by atoms with Gasteiger partial charge in [-0.2, -0.15) is 5.10 Å². The van der Waals surface area contributed by atoms with Crippen LogP contribution in [-0.2, 0) is 22.5 Å². The van der Waals surface area contributed by atoms with Gasteiger partial charge in [-0.1, -0.05) is 12.1 Å². The van der Waals surface area contributed by atoms with Gasteiger partial charge in [-0.05, 0) is 45.7 Å². The quantitative estimate of drug-likeness (QED) is 0.379. The standard InChI is InChI=1S/C30H32FN7O4/c1-29(2,3)42-28(41)37-15-30(16-37)13-36(14-30)22-9-7-18(11-32-22)20-8-6-19-12-38(34-24(19)23(20)31)26(27(39)40)25-21-5-4-10-35(21)17-33-25/h6-9,11-12,17,26H,4-5,10,13-16H2,1-3H3,(H,39,40). The molecule has 218 valence electrons. The summed E-state index contributed by atoms with van der Waals surface area (Å²) in [5.41, 5.74) is 1.93. The third kappa shape index (κ3) is 4.36. The second kappa shape index (κ2) is 9.27. The summed E-state index contributed by atoms with van der Waals surface area (Å²) in [7, 11) is 0. The largest absolute Gasteiger partial charge is 0.479 e. The van der Waals surface area contributed by atoms with Gasteiger partial charge in [0.25, 0.3) is 0 Å². The molecule has 6 heterocycles. The number of aliphatic carboxylic acids is 1. The van der Waals surface area contributed by atoms with Crippen LogP contribution in [0.25, 0.3) is 22.0 Å². The van der Waals surface area contributed by atoms with Crippen molar-refractivity contribution >= 4 is 28.8 Å². The Labute approximate surface area is 241 Å². The lowest BCUT2D eigenvalue weighted by molar-refractivity contribution is -0.139. The van der Waals surface area contributed by atoms with Gasteiger partial charge >= 0.3 is 12.1 Å². The van der Waals surface area contributed by atoms with Gasteiger partial charge in [0.1, 0.15) is 16.9 Å². The monoisotopic (exact) mass is 573 g/mol. The molecule has 2 fully saturated rings. The number of carboxylic acid groups (broad SMARTS) is 1. The summed E-state index contributed by atoms with van der Waals surface area (Å²) >= 11 is 0. The first-order chi connectivity index (χ1) is 20.0. The fraction of sp³-hybridized carbons (Fsp3) is 0.433. The number of likely N-dealkylation sites (tertiary alicyclic amines) is 1. The Bertz CT molecular complexity index is 1710. The van der Waals surface area contributed by atoms with Crippen molar-refractivity contribution in [2.75, 3.05) is 31.1 Å². The molecule has 1 unspecified atom stereocenters. The number of aromatic nitrogens is 5. The topological polar surface area (TPSA) is 119 Å². The fourth-order valence-corrected chi connectivity index (χ4v) is 6.39. The van der Waals surface area contributed by atoms with Gasteiger partial charge < -0.3 is 24.2 Å². The molecule has 42 heavy (non-hydrogen) atoms. The van der Waals surface area contributed by atoms with Gasteiger partial charge in [0.05, 0.1) is 12.0 Å². The highest BCUT2D eigenvalue weighted by Gasteiger charge is 2.54. The third-order valence-electron chi connectivity index (χ3n) is 8.32. The van der Waals surface area contributed by atoms with E-state index in [1.807, 2.05) is 37.5 Å². The number of imidazole rings is 1. The van der Waals surface area contributed by atoms with Crippen LogP contribution in [0.3, 0.4) is 0 Å². The molecule has 4 aromatic rings. The lowest BCUT2D eigenvalue weighted by atomic mass is 9.73. The average Bonchev–Trinajstić information content (AvgIpc) is 3.60. The molecule has 1 atom stereocenters. The Morgan fingerprint density at radius 2 is 1.88 bits per heavy atom. The van der Waals surface area contributed by atoms with Crippen molar-refractivity contribution in [2.24, 2.45) is 5.41 Å². The molecule has 0 saturated carbocycles. The van der Waals surface area contributed by atoms with E-state index in [1.54, 1.807) is 35.8 Å². The number of nitrogens with zero attached hydrogens (tertiary/aromatic N) is 7. The van der Waals surface area contributed by atoms with Crippen molar-refractivity contribution in [3.05, 3.63) is 60.2 Å². The molecule has 3 aliphatic rings. The summed E-state index contributed by atoms with van der Waals surface area (Å²) in [6.45, 7) is 9.31. The second-order valence-corrected chi connectivity index (χ2v) is 12.7. The lowest BCUT2D eigenvalue weighted by Gasteiger charge is -2.60. The normalized spacial score (nSPS) is 18.1. The summed E-state index contributed by atoms with van der Waals surface area (Å²) < 4.78 is 24.5. The van der Waals surface area contributed by atoms with Gasteiger partial charge in [-0.15, -0.1) is 0 Å². The number of halogens is 1. The van der Waals surface area contributed by atoms with Gasteiger partial charge in [0.15, 0.2) is 11.9 Å². The predicted octanol–water partition coefficient (Wildman–Crippen LogP) is 4.11. The molecule has 11 nitrogen and oxygen atoms in total.